The van der Waals surface area contributed by atoms with Crippen molar-refractivity contribution in [3.8, 4) is 0 Å². The molecule has 0 bridgehead atoms. The molecule has 0 saturated carbocycles. The largest absolute Gasteiger partial charge is 0.466 e. The van der Waals surface area contributed by atoms with Crippen molar-refractivity contribution in [2.24, 2.45) is 5.41 Å². The minimum atomic E-state index is -0.539. The predicted molar refractivity (Wildman–Crippen MR) is 65.5 cm³/mol. The lowest BCUT2D eigenvalue weighted by atomic mass is 9.78. The summed E-state index contributed by atoms with van der Waals surface area (Å²) in [6.07, 6.45) is 2.13. The molecule has 0 aliphatic heterocycles. The van der Waals surface area contributed by atoms with Crippen molar-refractivity contribution in [3.63, 3.8) is 0 Å². The molecule has 0 spiro atoms. The van der Waals surface area contributed by atoms with E-state index in [9.17, 15) is 9.59 Å². The van der Waals surface area contributed by atoms with Gasteiger partial charge in [-0.15, -0.1) is 0 Å². The molecule has 0 heterocycles. The second-order valence-electron chi connectivity index (χ2n) is 4.01. The van der Waals surface area contributed by atoms with Crippen molar-refractivity contribution < 1.29 is 19.1 Å². The van der Waals surface area contributed by atoms with Crippen LogP contribution in [0.4, 0.5) is 0 Å². The zero-order valence-corrected chi connectivity index (χ0v) is 11.4. The van der Waals surface area contributed by atoms with Gasteiger partial charge in [-0.2, -0.15) is 0 Å². The van der Waals surface area contributed by atoms with Crippen molar-refractivity contribution in [1.29, 1.82) is 0 Å². The summed E-state index contributed by atoms with van der Waals surface area (Å²) in [7, 11) is 0. The van der Waals surface area contributed by atoms with Crippen molar-refractivity contribution >= 4 is 11.9 Å². The SMILES string of the molecule is CCOC(=O)CCC(CC)(CC)C(=O)OCC. The molecule has 0 N–H and O–H groups in total. The number of carbonyl (C=O) groups is 2. The maximum atomic E-state index is 11.9. The van der Waals surface area contributed by atoms with Gasteiger partial charge in [0.25, 0.3) is 0 Å². The fraction of sp³-hybridized carbons (Fsp3) is 0.846. The molecular formula is C13H24O4. The first kappa shape index (κ1) is 15.9. The lowest BCUT2D eigenvalue weighted by Gasteiger charge is -2.28. The first-order chi connectivity index (χ1) is 8.06. The molecule has 100 valence electrons. The Balaban J connectivity index is 4.50. The Hall–Kier alpha value is -1.06. The molecule has 0 aliphatic carbocycles. The number of hydrogen-bond acceptors (Lipinski definition) is 4. The summed E-state index contributed by atoms with van der Waals surface area (Å²) < 4.78 is 9.97. The van der Waals surface area contributed by atoms with E-state index in [2.05, 4.69) is 0 Å². The molecule has 0 rings (SSSR count). The summed E-state index contributed by atoms with van der Waals surface area (Å²) >= 11 is 0. The van der Waals surface area contributed by atoms with Crippen LogP contribution in [0.3, 0.4) is 0 Å². The van der Waals surface area contributed by atoms with Crippen molar-refractivity contribution in [3.05, 3.63) is 0 Å². The Kier molecular flexibility index (Phi) is 7.59. The molecule has 0 aromatic carbocycles. The van der Waals surface area contributed by atoms with Crippen LogP contribution in [0.25, 0.3) is 0 Å². The van der Waals surface area contributed by atoms with E-state index >= 15 is 0 Å². The Morgan fingerprint density at radius 3 is 1.88 bits per heavy atom. The van der Waals surface area contributed by atoms with Gasteiger partial charge in [0.15, 0.2) is 0 Å². The van der Waals surface area contributed by atoms with Gasteiger partial charge in [0.2, 0.25) is 0 Å². The van der Waals surface area contributed by atoms with Crippen LogP contribution >= 0.6 is 0 Å². The number of rotatable bonds is 8. The normalized spacial score (nSPS) is 11.1. The highest BCUT2D eigenvalue weighted by Crippen LogP contribution is 2.33. The van der Waals surface area contributed by atoms with Gasteiger partial charge in [-0.05, 0) is 33.1 Å². The average molecular weight is 244 g/mol. The summed E-state index contributed by atoms with van der Waals surface area (Å²) in [5.41, 5.74) is -0.539. The number of hydrogen-bond donors (Lipinski definition) is 0. The lowest BCUT2D eigenvalue weighted by molar-refractivity contribution is -0.157. The molecule has 4 heteroatoms. The minimum Gasteiger partial charge on any atom is -0.466 e. The maximum Gasteiger partial charge on any atom is 0.312 e. The third-order valence-electron chi connectivity index (χ3n) is 3.18. The predicted octanol–water partition coefficient (Wildman–Crippen LogP) is 2.70. The smallest absolute Gasteiger partial charge is 0.312 e. The van der Waals surface area contributed by atoms with Crippen LogP contribution in [0.15, 0.2) is 0 Å². The van der Waals surface area contributed by atoms with Gasteiger partial charge >= 0.3 is 11.9 Å². The highest BCUT2D eigenvalue weighted by Gasteiger charge is 2.36. The Labute approximate surface area is 104 Å². The summed E-state index contributed by atoms with van der Waals surface area (Å²) in [6, 6.07) is 0. The highest BCUT2D eigenvalue weighted by molar-refractivity contribution is 5.78. The Morgan fingerprint density at radius 1 is 0.941 bits per heavy atom. The van der Waals surface area contributed by atoms with Crippen LogP contribution in [0.1, 0.15) is 53.4 Å². The molecule has 0 aliphatic rings. The van der Waals surface area contributed by atoms with Gasteiger partial charge in [0.1, 0.15) is 0 Å². The fourth-order valence-corrected chi connectivity index (χ4v) is 1.85. The van der Waals surface area contributed by atoms with Crippen molar-refractivity contribution in [1.82, 2.24) is 0 Å². The summed E-state index contributed by atoms with van der Waals surface area (Å²) in [4.78, 5) is 23.3. The molecule has 4 nitrogen and oxygen atoms in total. The van der Waals surface area contributed by atoms with Crippen LogP contribution in [-0.2, 0) is 19.1 Å². The summed E-state index contributed by atoms with van der Waals surface area (Å²) in [5.74, 6) is -0.447. The monoisotopic (exact) mass is 244 g/mol. The molecule has 0 saturated heterocycles. The third-order valence-corrected chi connectivity index (χ3v) is 3.18. The first-order valence-corrected chi connectivity index (χ1v) is 6.39. The average Bonchev–Trinajstić information content (AvgIpc) is 2.32. The summed E-state index contributed by atoms with van der Waals surface area (Å²) in [6.45, 7) is 8.22. The van der Waals surface area contributed by atoms with Gasteiger partial charge in [0.05, 0.1) is 18.6 Å². The van der Waals surface area contributed by atoms with E-state index in [-0.39, 0.29) is 18.4 Å². The zero-order chi connectivity index (χ0) is 13.3. The lowest BCUT2D eigenvalue weighted by Crippen LogP contribution is -2.32. The van der Waals surface area contributed by atoms with E-state index in [4.69, 9.17) is 9.47 Å². The Bertz CT molecular complexity index is 244. The third kappa shape index (κ3) is 4.75. The van der Waals surface area contributed by atoms with Crippen LogP contribution in [0.5, 0.6) is 0 Å². The van der Waals surface area contributed by atoms with Gasteiger partial charge < -0.3 is 9.47 Å². The molecule has 0 amide bonds. The summed E-state index contributed by atoms with van der Waals surface area (Å²) in [5, 5.41) is 0. The standard InChI is InChI=1S/C13H24O4/c1-5-13(6-2,12(15)17-8-4)10-9-11(14)16-7-3/h5-10H2,1-4H3. The minimum absolute atomic E-state index is 0.200. The van der Waals surface area contributed by atoms with Crippen LogP contribution in [-0.4, -0.2) is 25.2 Å². The molecule has 0 fully saturated rings. The zero-order valence-electron chi connectivity index (χ0n) is 11.4. The first-order valence-electron chi connectivity index (χ1n) is 6.39. The van der Waals surface area contributed by atoms with E-state index in [1.165, 1.54) is 0 Å². The van der Waals surface area contributed by atoms with E-state index in [1.54, 1.807) is 13.8 Å². The maximum absolute atomic E-state index is 11.9. The highest BCUT2D eigenvalue weighted by atomic mass is 16.5. The van der Waals surface area contributed by atoms with Gasteiger partial charge in [0, 0.05) is 6.42 Å². The number of ether oxygens (including phenoxy) is 2. The van der Waals surface area contributed by atoms with E-state index in [0.717, 1.165) is 0 Å². The fourth-order valence-electron chi connectivity index (χ4n) is 1.85. The van der Waals surface area contributed by atoms with Crippen LogP contribution < -0.4 is 0 Å². The molecule has 0 unspecified atom stereocenters. The van der Waals surface area contributed by atoms with Crippen molar-refractivity contribution in [2.75, 3.05) is 13.2 Å². The molecular weight excluding hydrogens is 220 g/mol. The van der Waals surface area contributed by atoms with Crippen LogP contribution in [0, 0.1) is 5.41 Å². The quantitative estimate of drug-likeness (QED) is 0.616. The molecule has 17 heavy (non-hydrogen) atoms. The van der Waals surface area contributed by atoms with E-state index in [0.29, 0.717) is 32.5 Å². The topological polar surface area (TPSA) is 52.6 Å². The second kappa shape index (κ2) is 8.09. The molecule has 0 atom stereocenters. The molecule has 0 aromatic heterocycles. The molecule has 0 aromatic rings. The second-order valence-corrected chi connectivity index (χ2v) is 4.01. The van der Waals surface area contributed by atoms with E-state index in [1.807, 2.05) is 13.8 Å². The van der Waals surface area contributed by atoms with Crippen LogP contribution in [0.2, 0.25) is 0 Å². The molecule has 0 radical (unpaired) electrons. The van der Waals surface area contributed by atoms with Gasteiger partial charge in [-0.25, -0.2) is 0 Å². The van der Waals surface area contributed by atoms with Crippen molar-refractivity contribution in [2.45, 2.75) is 53.4 Å². The van der Waals surface area contributed by atoms with Gasteiger partial charge in [-0.3, -0.25) is 9.59 Å². The van der Waals surface area contributed by atoms with Gasteiger partial charge in [-0.1, -0.05) is 13.8 Å². The number of esters is 2. The van der Waals surface area contributed by atoms with E-state index < -0.39 is 5.41 Å². The Morgan fingerprint density at radius 2 is 1.47 bits per heavy atom. The number of carbonyl (C=O) groups excluding carboxylic acids is 2.